The van der Waals surface area contributed by atoms with E-state index >= 15 is 0 Å². The minimum absolute atomic E-state index is 0.0283. The molecule has 0 aliphatic rings. The van der Waals surface area contributed by atoms with E-state index in [0.717, 1.165) is 29.0 Å². The lowest BCUT2D eigenvalue weighted by molar-refractivity contribution is 0.1000. The first-order valence-corrected chi connectivity index (χ1v) is 13.7. The number of ether oxygens (including phenoxy) is 1. The molecule has 0 bridgehead atoms. The van der Waals surface area contributed by atoms with Crippen LogP contribution in [0.1, 0.15) is 52.1 Å². The van der Waals surface area contributed by atoms with E-state index in [1.165, 1.54) is 0 Å². The predicted octanol–water partition coefficient (Wildman–Crippen LogP) is 8.45. The molecule has 1 atom stereocenters. The van der Waals surface area contributed by atoms with Crippen molar-refractivity contribution >= 4 is 41.3 Å². The van der Waals surface area contributed by atoms with Crippen molar-refractivity contribution in [1.29, 1.82) is 0 Å². The van der Waals surface area contributed by atoms with Crippen molar-refractivity contribution in [3.8, 4) is 5.75 Å². The summed E-state index contributed by atoms with van der Waals surface area (Å²) >= 11 is 0. The van der Waals surface area contributed by atoms with E-state index in [1.54, 1.807) is 18.4 Å². The maximum absolute atomic E-state index is 12.5. The summed E-state index contributed by atoms with van der Waals surface area (Å²) in [6.45, 7) is 8.56. The number of benzene rings is 4. The Bertz CT molecular complexity index is 1520. The van der Waals surface area contributed by atoms with Crippen LogP contribution >= 0.6 is 0 Å². The number of ketones is 2. The van der Waals surface area contributed by atoms with Gasteiger partial charge in [-0.25, -0.2) is 0 Å². The summed E-state index contributed by atoms with van der Waals surface area (Å²) in [5.41, 5.74) is 4.97. The summed E-state index contributed by atoms with van der Waals surface area (Å²) < 4.78 is 6.25. The lowest BCUT2D eigenvalue weighted by atomic mass is 10.1. The zero-order chi connectivity index (χ0) is 29.0. The fraction of sp³-hybridized carbons (Fsp3) is 0.139. The Morgan fingerprint density at radius 2 is 1.59 bits per heavy atom. The van der Waals surface area contributed by atoms with Gasteiger partial charge in [0.1, 0.15) is 5.75 Å². The molecule has 5 heteroatoms. The van der Waals surface area contributed by atoms with E-state index in [4.69, 9.17) is 4.74 Å². The standard InChI is InChI=1S/C36H34N2O3/c1-4-28-14-19-31(20-15-28)35(39)23-18-29-16-21-33(22-17-29)38(5-2)27(3)41-34-13-9-12-32(26-34)37-25-24-36(40)30-10-7-6-8-11-30/h4,6-23,25-27H,1,5,24H2,2-3H3. The molecule has 0 aliphatic heterocycles. The fourth-order valence-electron chi connectivity index (χ4n) is 4.35. The van der Waals surface area contributed by atoms with E-state index < -0.39 is 0 Å². The molecule has 0 spiro atoms. The third-order valence-electron chi connectivity index (χ3n) is 6.60. The number of Topliss-reactive ketones (excluding diaryl/α,β-unsaturated/α-hetero) is 1. The van der Waals surface area contributed by atoms with Gasteiger partial charge in [-0.05, 0) is 55.3 Å². The monoisotopic (exact) mass is 542 g/mol. The first kappa shape index (κ1) is 29.0. The summed E-state index contributed by atoms with van der Waals surface area (Å²) in [5, 5.41) is 0. The number of allylic oxidation sites excluding steroid dienone is 1. The van der Waals surface area contributed by atoms with Crippen LogP contribution in [0.4, 0.5) is 11.4 Å². The maximum atomic E-state index is 12.5. The number of hydrogen-bond donors (Lipinski definition) is 0. The Hall–Kier alpha value is -5.03. The largest absolute Gasteiger partial charge is 0.471 e. The van der Waals surface area contributed by atoms with Crippen LogP contribution in [-0.4, -0.2) is 30.6 Å². The Balaban J connectivity index is 1.35. The molecule has 0 heterocycles. The molecule has 0 aliphatic carbocycles. The lowest BCUT2D eigenvalue weighted by Crippen LogP contribution is -2.37. The summed E-state index contributed by atoms with van der Waals surface area (Å²) in [4.78, 5) is 31.4. The minimum atomic E-state index is -0.236. The highest BCUT2D eigenvalue weighted by Crippen LogP contribution is 2.24. The smallest absolute Gasteiger partial charge is 0.185 e. The van der Waals surface area contributed by atoms with Gasteiger partial charge in [0.25, 0.3) is 0 Å². The number of aliphatic imine (C=N–C) groups is 1. The second kappa shape index (κ2) is 14.4. The summed E-state index contributed by atoms with van der Waals surface area (Å²) in [6.07, 6.45) is 6.80. The maximum Gasteiger partial charge on any atom is 0.185 e. The van der Waals surface area contributed by atoms with Crippen LogP contribution in [0.2, 0.25) is 0 Å². The highest BCUT2D eigenvalue weighted by atomic mass is 16.5. The number of hydrogen-bond acceptors (Lipinski definition) is 5. The Kier molecular flexibility index (Phi) is 10.2. The second-order valence-corrected chi connectivity index (χ2v) is 9.42. The Morgan fingerprint density at radius 3 is 2.27 bits per heavy atom. The van der Waals surface area contributed by atoms with Crippen molar-refractivity contribution in [2.45, 2.75) is 26.5 Å². The van der Waals surface area contributed by atoms with Gasteiger partial charge in [0.2, 0.25) is 0 Å². The zero-order valence-corrected chi connectivity index (χ0v) is 23.4. The summed E-state index contributed by atoms with van der Waals surface area (Å²) in [7, 11) is 0. The molecule has 4 aromatic rings. The zero-order valence-electron chi connectivity index (χ0n) is 23.4. The van der Waals surface area contributed by atoms with Gasteiger partial charge in [-0.2, -0.15) is 0 Å². The molecule has 0 radical (unpaired) electrons. The SMILES string of the molecule is C=Cc1ccc(C(=O)C=Cc2ccc(N(CC)C(C)Oc3cccc(N=CCC(=O)c4ccccc4)c3)cc2)cc1. The highest BCUT2D eigenvalue weighted by molar-refractivity contribution is 6.07. The molecular weight excluding hydrogens is 508 g/mol. The van der Waals surface area contributed by atoms with Gasteiger partial charge in [0.15, 0.2) is 17.8 Å². The molecular formula is C36H34N2O3. The van der Waals surface area contributed by atoms with E-state index in [0.29, 0.717) is 16.9 Å². The molecule has 0 saturated heterocycles. The van der Waals surface area contributed by atoms with Gasteiger partial charge in [-0.15, -0.1) is 0 Å². The van der Waals surface area contributed by atoms with Gasteiger partial charge in [0, 0.05) is 42.1 Å². The van der Waals surface area contributed by atoms with Gasteiger partial charge in [-0.3, -0.25) is 14.6 Å². The van der Waals surface area contributed by atoms with Crippen LogP contribution in [-0.2, 0) is 0 Å². The normalized spacial score (nSPS) is 11.9. The van der Waals surface area contributed by atoms with E-state index in [-0.39, 0.29) is 24.2 Å². The average Bonchev–Trinajstić information content (AvgIpc) is 3.01. The highest BCUT2D eigenvalue weighted by Gasteiger charge is 2.15. The van der Waals surface area contributed by atoms with Crippen LogP contribution in [0.5, 0.6) is 5.75 Å². The molecule has 41 heavy (non-hydrogen) atoms. The molecule has 0 saturated carbocycles. The molecule has 1 unspecified atom stereocenters. The van der Waals surface area contributed by atoms with Crippen molar-refractivity contribution in [3.05, 3.63) is 138 Å². The second-order valence-electron chi connectivity index (χ2n) is 9.42. The Labute approximate surface area is 242 Å². The fourth-order valence-corrected chi connectivity index (χ4v) is 4.35. The number of nitrogens with zero attached hydrogens (tertiary/aromatic N) is 2. The Morgan fingerprint density at radius 1 is 0.878 bits per heavy atom. The molecule has 0 fully saturated rings. The molecule has 0 amide bonds. The average molecular weight is 543 g/mol. The third-order valence-corrected chi connectivity index (χ3v) is 6.60. The van der Waals surface area contributed by atoms with E-state index in [1.807, 2.05) is 116 Å². The van der Waals surface area contributed by atoms with Crippen LogP contribution < -0.4 is 9.64 Å². The third kappa shape index (κ3) is 8.23. The van der Waals surface area contributed by atoms with Crippen LogP contribution in [0.3, 0.4) is 0 Å². The van der Waals surface area contributed by atoms with Crippen LogP contribution in [0.15, 0.2) is 121 Å². The van der Waals surface area contributed by atoms with Crippen molar-refractivity contribution in [2.75, 3.05) is 11.4 Å². The quantitative estimate of drug-likeness (QED) is 0.0736. The van der Waals surface area contributed by atoms with Crippen LogP contribution in [0, 0.1) is 0 Å². The molecule has 4 rings (SSSR count). The number of rotatable bonds is 13. The minimum Gasteiger partial charge on any atom is -0.471 e. The number of carbonyl (C=O) groups is 2. The number of carbonyl (C=O) groups excluding carboxylic acids is 2. The van der Waals surface area contributed by atoms with Gasteiger partial charge in [0.05, 0.1) is 5.69 Å². The first-order valence-electron chi connectivity index (χ1n) is 13.7. The molecule has 0 N–H and O–H groups in total. The lowest BCUT2D eigenvalue weighted by Gasteiger charge is -2.30. The first-order chi connectivity index (χ1) is 20.0. The van der Waals surface area contributed by atoms with Crippen molar-refractivity contribution in [2.24, 2.45) is 4.99 Å². The van der Waals surface area contributed by atoms with Crippen LogP contribution in [0.25, 0.3) is 12.2 Å². The molecule has 5 nitrogen and oxygen atoms in total. The molecule has 4 aromatic carbocycles. The van der Waals surface area contributed by atoms with Crippen molar-refractivity contribution < 1.29 is 14.3 Å². The van der Waals surface area contributed by atoms with Crippen molar-refractivity contribution in [1.82, 2.24) is 0 Å². The van der Waals surface area contributed by atoms with E-state index in [9.17, 15) is 9.59 Å². The molecule has 206 valence electrons. The number of anilines is 1. The summed E-state index contributed by atoms with van der Waals surface area (Å²) in [5.74, 6) is 0.677. The molecule has 0 aromatic heterocycles. The van der Waals surface area contributed by atoms with Crippen molar-refractivity contribution in [3.63, 3.8) is 0 Å². The summed E-state index contributed by atoms with van der Waals surface area (Å²) in [6, 6.07) is 32.1. The van der Waals surface area contributed by atoms with Gasteiger partial charge in [-0.1, -0.05) is 91.5 Å². The van der Waals surface area contributed by atoms with E-state index in [2.05, 4.69) is 23.4 Å². The van der Waals surface area contributed by atoms with Gasteiger partial charge >= 0.3 is 0 Å². The topological polar surface area (TPSA) is 59.0 Å². The predicted molar refractivity (Wildman–Crippen MR) is 169 cm³/mol. The van der Waals surface area contributed by atoms with Gasteiger partial charge < -0.3 is 9.64 Å².